The number of carboxylic acids is 1. The number of halogens is 6. The molecule has 252 valence electrons. The maximum Gasteiger partial charge on any atom is 0.430 e. The predicted molar refractivity (Wildman–Crippen MR) is 154 cm³/mol. The number of aliphatic carboxylic acids is 1. The van der Waals surface area contributed by atoms with Crippen molar-refractivity contribution in [2.45, 2.75) is 45.1 Å². The molecular formula is C29H39F6N5O5. The van der Waals surface area contributed by atoms with Gasteiger partial charge in [-0.1, -0.05) is 0 Å². The van der Waals surface area contributed by atoms with Gasteiger partial charge in [-0.2, -0.15) is 30.9 Å². The van der Waals surface area contributed by atoms with Gasteiger partial charge in [-0.15, -0.1) is 0 Å². The van der Waals surface area contributed by atoms with Crippen molar-refractivity contribution in [3.63, 3.8) is 0 Å². The van der Waals surface area contributed by atoms with Gasteiger partial charge in [0, 0.05) is 81.8 Å². The van der Waals surface area contributed by atoms with Gasteiger partial charge in [0.15, 0.2) is 0 Å². The first kappa shape index (κ1) is 40.7. The topological polar surface area (TPSA) is 147 Å². The number of pyridine rings is 1. The van der Waals surface area contributed by atoms with Crippen LogP contribution in [-0.2, 0) is 20.9 Å². The Bertz CT molecular complexity index is 1290. The van der Waals surface area contributed by atoms with E-state index in [-0.39, 0.29) is 5.91 Å². The van der Waals surface area contributed by atoms with Gasteiger partial charge in [0.25, 0.3) is 0 Å². The Hall–Kier alpha value is -4.34. The number of hydrogen-bond acceptors (Lipinski definition) is 7. The number of aryl methyl sites for hydroxylation is 1. The van der Waals surface area contributed by atoms with Crippen LogP contribution in [0.2, 0.25) is 0 Å². The Kier molecular flexibility index (Phi) is 18.6. The number of quaternary nitrogens is 1. The fourth-order valence-corrected chi connectivity index (χ4v) is 3.92. The molecule has 0 saturated heterocycles. The monoisotopic (exact) mass is 651 g/mol. The number of alkyl halides is 6. The van der Waals surface area contributed by atoms with Crippen molar-refractivity contribution in [1.82, 2.24) is 5.32 Å². The molecule has 0 radical (unpaired) electrons. The van der Waals surface area contributed by atoms with E-state index in [0.717, 1.165) is 32.4 Å². The van der Waals surface area contributed by atoms with Gasteiger partial charge in [-0.05, 0) is 43.2 Å². The Morgan fingerprint density at radius 1 is 0.911 bits per heavy atom. The maximum atomic E-state index is 11.8. The number of anilines is 2. The van der Waals surface area contributed by atoms with Crippen LogP contribution in [-0.4, -0.2) is 72.5 Å². The molecule has 10 nitrogen and oxygen atoms in total. The summed E-state index contributed by atoms with van der Waals surface area (Å²) in [7, 11) is 8.32. The first-order valence-corrected chi connectivity index (χ1v) is 13.6. The molecule has 0 spiro atoms. The highest BCUT2D eigenvalue weighted by molar-refractivity contribution is 5.91. The molecular weight excluding hydrogens is 612 g/mol. The Labute approximate surface area is 257 Å². The first-order chi connectivity index (χ1) is 21.0. The SMILES string of the molecule is CN(C)c1ccc2cc3ccc(N(C)C)cc3[n+](CCCCCC(=O)NCC[NH3+])c2c1.FC(F)F.O=C([O-])C(F)(F)F.O=C[O-]. The van der Waals surface area contributed by atoms with Crippen molar-refractivity contribution in [3.8, 4) is 0 Å². The lowest BCUT2D eigenvalue weighted by Crippen LogP contribution is -2.54. The van der Waals surface area contributed by atoms with Gasteiger partial charge in [0.05, 0.1) is 13.1 Å². The number of nitrogens with zero attached hydrogens (tertiary/aromatic N) is 3. The van der Waals surface area contributed by atoms with Crippen LogP contribution in [0.15, 0.2) is 42.5 Å². The van der Waals surface area contributed by atoms with Crippen LogP contribution in [0.1, 0.15) is 25.7 Å². The largest absolute Gasteiger partial charge is 0.554 e. The Morgan fingerprint density at radius 2 is 1.33 bits per heavy atom. The van der Waals surface area contributed by atoms with Gasteiger partial charge in [0.2, 0.25) is 16.9 Å². The molecule has 2 aromatic carbocycles. The van der Waals surface area contributed by atoms with Crippen LogP contribution >= 0.6 is 0 Å². The number of carbonyl (C=O) groups is 3. The minimum Gasteiger partial charge on any atom is -0.554 e. The third-order valence-corrected chi connectivity index (χ3v) is 5.97. The zero-order chi connectivity index (χ0) is 34.7. The lowest BCUT2D eigenvalue weighted by molar-refractivity contribution is -0.645. The minimum absolute atomic E-state index is 0.137. The van der Waals surface area contributed by atoms with Crippen molar-refractivity contribution in [2.24, 2.45) is 0 Å². The zero-order valence-corrected chi connectivity index (χ0v) is 25.5. The normalized spacial score (nSPS) is 10.5. The van der Waals surface area contributed by atoms with E-state index in [1.165, 1.54) is 33.2 Å². The van der Waals surface area contributed by atoms with Gasteiger partial charge in [-0.3, -0.25) is 4.79 Å². The number of fused-ring (bicyclic) bond motifs is 2. The second kappa shape index (κ2) is 20.6. The van der Waals surface area contributed by atoms with E-state index < -0.39 is 25.3 Å². The molecule has 4 N–H and O–H groups in total. The highest BCUT2D eigenvalue weighted by Gasteiger charge is 2.28. The molecule has 1 heterocycles. The van der Waals surface area contributed by atoms with Gasteiger partial charge in [0.1, 0.15) is 12.5 Å². The second-order valence-electron chi connectivity index (χ2n) is 9.71. The lowest BCUT2D eigenvalue weighted by Gasteiger charge is -2.15. The fraction of sp³-hybridized carbons (Fsp3) is 0.448. The summed E-state index contributed by atoms with van der Waals surface area (Å²) in [4.78, 5) is 33.2. The molecule has 3 aromatic rings. The molecule has 0 saturated carbocycles. The maximum absolute atomic E-state index is 11.8. The van der Waals surface area contributed by atoms with Gasteiger partial charge < -0.3 is 40.7 Å². The van der Waals surface area contributed by atoms with E-state index in [1.54, 1.807) is 0 Å². The molecule has 3 rings (SSSR count). The summed E-state index contributed by atoms with van der Waals surface area (Å²) in [6, 6.07) is 15.6. The van der Waals surface area contributed by atoms with Crippen molar-refractivity contribution in [2.75, 3.05) is 51.1 Å². The molecule has 0 aliphatic carbocycles. The Morgan fingerprint density at radius 3 is 1.69 bits per heavy atom. The highest BCUT2D eigenvalue weighted by atomic mass is 19.4. The van der Waals surface area contributed by atoms with E-state index in [4.69, 9.17) is 19.8 Å². The summed E-state index contributed by atoms with van der Waals surface area (Å²) in [5.74, 6) is -2.87. The summed E-state index contributed by atoms with van der Waals surface area (Å²) in [6.07, 6.45) is -1.61. The van der Waals surface area contributed by atoms with Crippen LogP contribution in [0.4, 0.5) is 37.7 Å². The molecule has 45 heavy (non-hydrogen) atoms. The number of hydrogen-bond donors (Lipinski definition) is 2. The van der Waals surface area contributed by atoms with Crippen molar-refractivity contribution in [1.29, 1.82) is 0 Å². The molecule has 0 bridgehead atoms. The lowest BCUT2D eigenvalue weighted by atomic mass is 10.1. The summed E-state index contributed by atoms with van der Waals surface area (Å²) in [5.41, 5.74) is 8.67. The second-order valence-corrected chi connectivity index (χ2v) is 9.71. The quantitative estimate of drug-likeness (QED) is 0.110. The summed E-state index contributed by atoms with van der Waals surface area (Å²) in [5, 5.41) is 22.4. The molecule has 1 aromatic heterocycles. The van der Waals surface area contributed by atoms with Crippen LogP contribution < -0.4 is 35.6 Å². The van der Waals surface area contributed by atoms with Gasteiger partial charge >= 0.3 is 12.9 Å². The average Bonchev–Trinajstić information content (AvgIpc) is 2.94. The molecule has 16 heteroatoms. The van der Waals surface area contributed by atoms with E-state index in [1.807, 2.05) is 0 Å². The van der Waals surface area contributed by atoms with E-state index in [9.17, 15) is 31.1 Å². The summed E-state index contributed by atoms with van der Waals surface area (Å²) < 4.78 is 63.0. The molecule has 0 unspecified atom stereocenters. The van der Waals surface area contributed by atoms with Crippen LogP contribution in [0.3, 0.4) is 0 Å². The number of benzene rings is 2. The summed E-state index contributed by atoms with van der Waals surface area (Å²) >= 11 is 0. The Balaban J connectivity index is 0.00000116. The number of rotatable bonds is 10. The number of unbranched alkanes of at least 4 members (excludes halogenated alkanes) is 2. The fourth-order valence-electron chi connectivity index (χ4n) is 3.92. The van der Waals surface area contributed by atoms with E-state index >= 15 is 0 Å². The summed E-state index contributed by atoms with van der Waals surface area (Å²) in [6.45, 7) is -1.83. The van der Waals surface area contributed by atoms with Crippen LogP contribution in [0, 0.1) is 0 Å². The minimum atomic E-state index is -5.19. The van der Waals surface area contributed by atoms with Crippen molar-refractivity contribution >= 4 is 51.5 Å². The molecule has 0 aliphatic rings. The number of aromatic nitrogens is 1. The van der Waals surface area contributed by atoms with Crippen LogP contribution in [0.5, 0.6) is 0 Å². The number of carbonyl (C=O) groups excluding carboxylic acids is 3. The standard InChI is InChI=1S/C25H35N5O.C2HF3O2.CHF3.CH2O2/c1-28(2)21-11-9-19-16-20-10-12-22(29(3)4)18-24(20)30(23(19)17-21)15-7-5-6-8-25(31)27-14-13-26;3-2(4,5)1(6)7;2-1(3)4;2-1-3/h9-12,16-18H,5-8,13-15,26H2,1-4H3;(H,6,7);1H;1H,(H,2,3). The molecule has 0 fully saturated rings. The third-order valence-electron chi connectivity index (χ3n) is 5.97. The van der Waals surface area contributed by atoms with E-state index in [0.29, 0.717) is 13.0 Å². The number of carboxylic acid groups (broad SMARTS) is 2. The molecule has 0 atom stereocenters. The predicted octanol–water partition coefficient (Wildman–Crippen LogP) is 1.17. The average molecular weight is 652 g/mol. The number of amides is 1. The third kappa shape index (κ3) is 15.8. The smallest absolute Gasteiger partial charge is 0.430 e. The van der Waals surface area contributed by atoms with Crippen molar-refractivity contribution in [3.05, 3.63) is 42.5 Å². The van der Waals surface area contributed by atoms with Gasteiger partial charge in [-0.25, -0.2) is 0 Å². The first-order valence-electron chi connectivity index (χ1n) is 13.6. The highest BCUT2D eigenvalue weighted by Crippen LogP contribution is 2.25. The zero-order valence-electron chi connectivity index (χ0n) is 25.5. The van der Waals surface area contributed by atoms with Crippen molar-refractivity contribution < 1.29 is 61.2 Å². The van der Waals surface area contributed by atoms with Crippen LogP contribution in [0.25, 0.3) is 21.8 Å². The number of nitrogens with one attached hydrogen (secondary N) is 1. The molecule has 0 aliphatic heterocycles. The molecule has 1 amide bonds. The van der Waals surface area contributed by atoms with E-state index in [2.05, 4.69) is 96.1 Å².